The van der Waals surface area contributed by atoms with E-state index < -0.39 is 0 Å². The fraction of sp³-hybridized carbons (Fsp3) is 1.00. The molecule has 2 aliphatic carbocycles. The maximum absolute atomic E-state index is 6.22. The Morgan fingerprint density at radius 2 is 1.79 bits per heavy atom. The SMILES string of the molecule is CCNC(C1CCCC1)C1CCOC2(CCCC2)C1. The van der Waals surface area contributed by atoms with Gasteiger partial charge in [0.15, 0.2) is 0 Å². The number of hydrogen-bond donors (Lipinski definition) is 1. The minimum absolute atomic E-state index is 0.287. The van der Waals surface area contributed by atoms with Crippen LogP contribution in [0.15, 0.2) is 0 Å². The predicted octanol–water partition coefficient (Wildman–Crippen LogP) is 3.89. The van der Waals surface area contributed by atoms with Crippen LogP contribution in [0.2, 0.25) is 0 Å². The van der Waals surface area contributed by atoms with Crippen molar-refractivity contribution in [3.05, 3.63) is 0 Å². The normalized spacial score (nSPS) is 33.0. The van der Waals surface area contributed by atoms with E-state index in [1.54, 1.807) is 0 Å². The third-order valence-corrected chi connectivity index (χ3v) is 5.90. The minimum Gasteiger partial charge on any atom is -0.375 e. The highest BCUT2D eigenvalue weighted by molar-refractivity contribution is 4.96. The third kappa shape index (κ3) is 3.00. The Labute approximate surface area is 118 Å². The van der Waals surface area contributed by atoms with E-state index in [0.29, 0.717) is 0 Å². The molecule has 0 bridgehead atoms. The van der Waals surface area contributed by atoms with Crippen LogP contribution >= 0.6 is 0 Å². The molecule has 0 radical (unpaired) electrons. The smallest absolute Gasteiger partial charge is 0.0685 e. The van der Waals surface area contributed by atoms with E-state index in [2.05, 4.69) is 12.2 Å². The van der Waals surface area contributed by atoms with Crippen LogP contribution in [0, 0.1) is 11.8 Å². The Bertz CT molecular complexity index is 279. The second-order valence-electron chi connectivity index (χ2n) is 7.12. The summed E-state index contributed by atoms with van der Waals surface area (Å²) in [6.45, 7) is 4.41. The molecule has 1 aliphatic heterocycles. The highest BCUT2D eigenvalue weighted by Gasteiger charge is 2.43. The minimum atomic E-state index is 0.287. The van der Waals surface area contributed by atoms with E-state index in [0.717, 1.165) is 31.0 Å². The van der Waals surface area contributed by atoms with Gasteiger partial charge in [0.05, 0.1) is 5.60 Å². The van der Waals surface area contributed by atoms with Crippen LogP contribution in [0.25, 0.3) is 0 Å². The van der Waals surface area contributed by atoms with Gasteiger partial charge >= 0.3 is 0 Å². The molecule has 3 fully saturated rings. The van der Waals surface area contributed by atoms with Gasteiger partial charge in [-0.05, 0) is 56.9 Å². The molecule has 2 heteroatoms. The van der Waals surface area contributed by atoms with Crippen molar-refractivity contribution >= 4 is 0 Å². The van der Waals surface area contributed by atoms with Crippen molar-refractivity contribution in [3.63, 3.8) is 0 Å². The summed E-state index contributed by atoms with van der Waals surface area (Å²) < 4.78 is 6.22. The highest BCUT2D eigenvalue weighted by atomic mass is 16.5. The van der Waals surface area contributed by atoms with Crippen LogP contribution in [0.5, 0.6) is 0 Å². The summed E-state index contributed by atoms with van der Waals surface area (Å²) in [7, 11) is 0. The quantitative estimate of drug-likeness (QED) is 0.832. The molecule has 1 N–H and O–H groups in total. The van der Waals surface area contributed by atoms with Crippen LogP contribution < -0.4 is 5.32 Å². The van der Waals surface area contributed by atoms with Gasteiger partial charge in [-0.2, -0.15) is 0 Å². The molecule has 0 amide bonds. The van der Waals surface area contributed by atoms with Crippen molar-refractivity contribution in [2.24, 2.45) is 11.8 Å². The molecule has 2 saturated carbocycles. The second kappa shape index (κ2) is 6.13. The molecule has 110 valence electrons. The van der Waals surface area contributed by atoms with Gasteiger partial charge in [0.2, 0.25) is 0 Å². The van der Waals surface area contributed by atoms with Gasteiger partial charge in [-0.15, -0.1) is 0 Å². The summed E-state index contributed by atoms with van der Waals surface area (Å²) in [6, 6.07) is 0.772. The number of ether oxygens (including phenoxy) is 1. The van der Waals surface area contributed by atoms with E-state index >= 15 is 0 Å². The molecule has 1 heterocycles. The Kier molecular flexibility index (Phi) is 4.48. The van der Waals surface area contributed by atoms with Crippen molar-refractivity contribution in [1.82, 2.24) is 5.32 Å². The lowest BCUT2D eigenvalue weighted by atomic mass is 9.76. The zero-order chi connectivity index (χ0) is 13.1. The fourth-order valence-electron chi connectivity index (χ4n) is 5.01. The van der Waals surface area contributed by atoms with Gasteiger partial charge in [-0.3, -0.25) is 0 Å². The van der Waals surface area contributed by atoms with Crippen LogP contribution in [0.3, 0.4) is 0 Å². The average molecular weight is 265 g/mol. The summed E-state index contributed by atoms with van der Waals surface area (Å²) in [5.74, 6) is 1.82. The number of rotatable bonds is 4. The maximum Gasteiger partial charge on any atom is 0.0685 e. The monoisotopic (exact) mass is 265 g/mol. The molecule has 2 unspecified atom stereocenters. The molecule has 2 atom stereocenters. The lowest BCUT2D eigenvalue weighted by Gasteiger charge is -2.43. The molecular weight excluding hydrogens is 234 g/mol. The van der Waals surface area contributed by atoms with E-state index in [4.69, 9.17) is 4.74 Å². The van der Waals surface area contributed by atoms with Gasteiger partial charge < -0.3 is 10.1 Å². The van der Waals surface area contributed by atoms with Crippen molar-refractivity contribution in [3.8, 4) is 0 Å². The molecule has 0 aromatic rings. The van der Waals surface area contributed by atoms with Crippen LogP contribution in [-0.2, 0) is 4.74 Å². The molecule has 3 rings (SSSR count). The van der Waals surface area contributed by atoms with Crippen molar-refractivity contribution in [1.29, 1.82) is 0 Å². The van der Waals surface area contributed by atoms with Crippen LogP contribution in [0.1, 0.15) is 71.1 Å². The number of nitrogens with one attached hydrogen (secondary N) is 1. The van der Waals surface area contributed by atoms with Crippen LogP contribution in [0.4, 0.5) is 0 Å². The first-order chi connectivity index (χ1) is 9.33. The maximum atomic E-state index is 6.22. The molecule has 2 nitrogen and oxygen atoms in total. The Morgan fingerprint density at radius 3 is 2.47 bits per heavy atom. The largest absolute Gasteiger partial charge is 0.375 e. The van der Waals surface area contributed by atoms with Crippen molar-refractivity contribution in [2.75, 3.05) is 13.2 Å². The standard InChI is InChI=1S/C17H31NO/c1-2-18-16(14-7-3-4-8-14)15-9-12-19-17(13-15)10-5-6-11-17/h14-16,18H,2-13H2,1H3. The summed E-state index contributed by atoms with van der Waals surface area (Å²) >= 11 is 0. The average Bonchev–Trinajstić information content (AvgIpc) is 3.08. The molecule has 0 aromatic carbocycles. The molecule has 1 saturated heterocycles. The first-order valence-corrected chi connectivity index (χ1v) is 8.70. The molecule has 19 heavy (non-hydrogen) atoms. The van der Waals surface area contributed by atoms with Crippen LogP contribution in [-0.4, -0.2) is 24.8 Å². The first kappa shape index (κ1) is 13.9. The second-order valence-corrected chi connectivity index (χ2v) is 7.12. The predicted molar refractivity (Wildman–Crippen MR) is 79.3 cm³/mol. The number of hydrogen-bond acceptors (Lipinski definition) is 2. The topological polar surface area (TPSA) is 21.3 Å². The van der Waals surface area contributed by atoms with Crippen molar-refractivity contribution < 1.29 is 4.74 Å². The lowest BCUT2D eigenvalue weighted by Crippen LogP contribution is -2.48. The Hall–Kier alpha value is -0.0800. The van der Waals surface area contributed by atoms with E-state index in [9.17, 15) is 0 Å². The molecule has 3 aliphatic rings. The van der Waals surface area contributed by atoms with E-state index in [-0.39, 0.29) is 5.60 Å². The van der Waals surface area contributed by atoms with Gasteiger partial charge in [0.25, 0.3) is 0 Å². The van der Waals surface area contributed by atoms with E-state index in [1.165, 1.54) is 64.2 Å². The lowest BCUT2D eigenvalue weighted by molar-refractivity contribution is -0.101. The third-order valence-electron chi connectivity index (χ3n) is 5.90. The van der Waals surface area contributed by atoms with Crippen molar-refractivity contribution in [2.45, 2.75) is 82.8 Å². The first-order valence-electron chi connectivity index (χ1n) is 8.70. The summed E-state index contributed by atoms with van der Waals surface area (Å²) in [5, 5.41) is 3.85. The summed E-state index contributed by atoms with van der Waals surface area (Å²) in [4.78, 5) is 0. The molecular formula is C17H31NO. The van der Waals surface area contributed by atoms with E-state index in [1.807, 2.05) is 0 Å². The zero-order valence-corrected chi connectivity index (χ0v) is 12.6. The fourth-order valence-corrected chi connectivity index (χ4v) is 5.01. The Morgan fingerprint density at radius 1 is 1.05 bits per heavy atom. The molecule has 0 aromatic heterocycles. The zero-order valence-electron chi connectivity index (χ0n) is 12.6. The van der Waals surface area contributed by atoms with Gasteiger partial charge in [0, 0.05) is 12.6 Å². The summed E-state index contributed by atoms with van der Waals surface area (Å²) in [5.41, 5.74) is 0.287. The Balaban J connectivity index is 1.66. The van der Waals surface area contributed by atoms with Gasteiger partial charge in [-0.1, -0.05) is 32.6 Å². The van der Waals surface area contributed by atoms with Gasteiger partial charge in [0.1, 0.15) is 0 Å². The summed E-state index contributed by atoms with van der Waals surface area (Å²) in [6.07, 6.45) is 13.9. The highest BCUT2D eigenvalue weighted by Crippen LogP contribution is 2.45. The van der Waals surface area contributed by atoms with Gasteiger partial charge in [-0.25, -0.2) is 0 Å². The molecule has 1 spiro atoms.